The fourth-order valence-corrected chi connectivity index (χ4v) is 3.14. The first kappa shape index (κ1) is 17.3. The number of thioether (sulfide) groups is 1. The molecule has 0 radical (unpaired) electrons. The first-order valence-electron chi connectivity index (χ1n) is 8.12. The first-order chi connectivity index (χ1) is 13.2. The molecule has 4 aromatic rings. The fourth-order valence-electron chi connectivity index (χ4n) is 2.46. The van der Waals surface area contributed by atoms with E-state index in [1.54, 1.807) is 31.6 Å². The minimum Gasteiger partial charge on any atom is -0.497 e. The molecule has 0 bridgehead atoms. The SMILES string of the molecule is COc1ccc(-c2nc(CSc3n[nH]c(-c4ccccc4F)n3)co2)cc1. The summed E-state index contributed by atoms with van der Waals surface area (Å²) in [5, 5.41) is 7.40. The fraction of sp³-hybridized carbons (Fsp3) is 0.105. The monoisotopic (exact) mass is 382 g/mol. The minimum absolute atomic E-state index is 0.342. The largest absolute Gasteiger partial charge is 0.497 e. The maximum absolute atomic E-state index is 13.8. The number of methoxy groups -OCH3 is 1. The summed E-state index contributed by atoms with van der Waals surface area (Å²) >= 11 is 1.39. The number of ether oxygens (including phenoxy) is 1. The minimum atomic E-state index is -0.342. The Balaban J connectivity index is 1.42. The number of hydrogen-bond donors (Lipinski definition) is 1. The summed E-state index contributed by atoms with van der Waals surface area (Å²) in [7, 11) is 1.62. The third-order valence-electron chi connectivity index (χ3n) is 3.83. The van der Waals surface area contributed by atoms with E-state index in [1.807, 2.05) is 24.3 Å². The van der Waals surface area contributed by atoms with Gasteiger partial charge in [0.25, 0.3) is 0 Å². The normalized spacial score (nSPS) is 10.9. The Bertz CT molecular complexity index is 1050. The van der Waals surface area contributed by atoms with Gasteiger partial charge in [0.15, 0.2) is 5.82 Å². The predicted octanol–water partition coefficient (Wildman–Crippen LogP) is 4.57. The zero-order valence-electron chi connectivity index (χ0n) is 14.3. The molecule has 2 aromatic carbocycles. The number of rotatable bonds is 6. The molecule has 0 aliphatic carbocycles. The number of nitrogens with zero attached hydrogens (tertiary/aromatic N) is 3. The van der Waals surface area contributed by atoms with Gasteiger partial charge in [-0.1, -0.05) is 23.9 Å². The quantitative estimate of drug-likeness (QED) is 0.493. The highest BCUT2D eigenvalue weighted by atomic mass is 32.2. The molecule has 4 rings (SSSR count). The number of hydrogen-bond acceptors (Lipinski definition) is 6. The van der Waals surface area contributed by atoms with Gasteiger partial charge in [-0.2, -0.15) is 0 Å². The molecule has 136 valence electrons. The summed E-state index contributed by atoms with van der Waals surface area (Å²) in [4.78, 5) is 8.80. The Morgan fingerprint density at radius 1 is 1.11 bits per heavy atom. The molecular weight excluding hydrogens is 367 g/mol. The number of H-pyrrole nitrogens is 1. The van der Waals surface area contributed by atoms with Gasteiger partial charge in [-0.3, -0.25) is 5.10 Å². The molecule has 0 aliphatic rings. The lowest BCUT2D eigenvalue weighted by Crippen LogP contribution is -1.86. The smallest absolute Gasteiger partial charge is 0.226 e. The number of benzene rings is 2. The summed E-state index contributed by atoms with van der Waals surface area (Å²) in [5.41, 5.74) is 2.02. The zero-order valence-corrected chi connectivity index (χ0v) is 15.2. The average molecular weight is 382 g/mol. The molecule has 2 aromatic heterocycles. The summed E-state index contributed by atoms with van der Waals surface area (Å²) in [6.07, 6.45) is 1.61. The van der Waals surface area contributed by atoms with Crippen LogP contribution in [0.5, 0.6) is 5.75 Å². The molecule has 0 fully saturated rings. The van der Waals surface area contributed by atoms with Crippen molar-refractivity contribution in [2.24, 2.45) is 0 Å². The standard InChI is InChI=1S/C19H15FN4O2S/c1-25-14-8-6-12(7-9-14)18-21-13(10-26-18)11-27-19-22-17(23-24-19)15-4-2-3-5-16(15)20/h2-10H,11H2,1H3,(H,22,23,24). The van der Waals surface area contributed by atoms with E-state index in [-0.39, 0.29) is 5.82 Å². The topological polar surface area (TPSA) is 76.8 Å². The Hall–Kier alpha value is -3.13. The van der Waals surface area contributed by atoms with Crippen LogP contribution in [-0.4, -0.2) is 27.3 Å². The molecule has 0 spiro atoms. The number of oxazole rings is 1. The van der Waals surface area contributed by atoms with Crippen LogP contribution in [0.25, 0.3) is 22.8 Å². The Labute approximate surface area is 158 Å². The van der Waals surface area contributed by atoms with Crippen LogP contribution in [0.1, 0.15) is 5.69 Å². The second kappa shape index (κ2) is 7.63. The molecule has 0 unspecified atom stereocenters. The molecule has 0 amide bonds. The van der Waals surface area contributed by atoms with Gasteiger partial charge >= 0.3 is 0 Å². The second-order valence-corrected chi connectivity index (χ2v) is 6.55. The van der Waals surface area contributed by atoms with Gasteiger partial charge in [-0.05, 0) is 36.4 Å². The Morgan fingerprint density at radius 3 is 2.70 bits per heavy atom. The van der Waals surface area contributed by atoms with Gasteiger partial charge in [0.05, 0.1) is 18.4 Å². The Kier molecular flexibility index (Phi) is 4.88. The number of aromatic amines is 1. The van der Waals surface area contributed by atoms with E-state index in [0.29, 0.717) is 28.2 Å². The van der Waals surface area contributed by atoms with E-state index >= 15 is 0 Å². The highest BCUT2D eigenvalue weighted by Gasteiger charge is 2.12. The zero-order chi connectivity index (χ0) is 18.6. The number of aromatic nitrogens is 4. The lowest BCUT2D eigenvalue weighted by molar-refractivity contribution is 0.415. The summed E-state index contributed by atoms with van der Waals surface area (Å²) in [5.74, 6) is 1.90. The lowest BCUT2D eigenvalue weighted by atomic mass is 10.2. The molecule has 2 heterocycles. The predicted molar refractivity (Wildman–Crippen MR) is 99.8 cm³/mol. The molecule has 6 nitrogen and oxygen atoms in total. The van der Waals surface area contributed by atoms with Crippen LogP contribution in [-0.2, 0) is 5.75 Å². The summed E-state index contributed by atoms with van der Waals surface area (Å²) in [6.45, 7) is 0. The van der Waals surface area contributed by atoms with Crippen molar-refractivity contribution in [3.05, 3.63) is 66.3 Å². The van der Waals surface area contributed by atoms with Crippen LogP contribution in [0.4, 0.5) is 4.39 Å². The maximum Gasteiger partial charge on any atom is 0.226 e. The van der Waals surface area contributed by atoms with Crippen molar-refractivity contribution in [1.29, 1.82) is 0 Å². The van der Waals surface area contributed by atoms with Crippen molar-refractivity contribution in [1.82, 2.24) is 20.2 Å². The van der Waals surface area contributed by atoms with Crippen LogP contribution < -0.4 is 4.74 Å². The van der Waals surface area contributed by atoms with Crippen molar-refractivity contribution in [3.8, 4) is 28.6 Å². The number of halogens is 1. The molecule has 0 aliphatic heterocycles. The van der Waals surface area contributed by atoms with E-state index in [1.165, 1.54) is 17.8 Å². The van der Waals surface area contributed by atoms with E-state index in [0.717, 1.165) is 17.0 Å². The second-order valence-electron chi connectivity index (χ2n) is 5.61. The summed E-state index contributed by atoms with van der Waals surface area (Å²) < 4.78 is 24.5. The van der Waals surface area contributed by atoms with Crippen molar-refractivity contribution in [2.75, 3.05) is 7.11 Å². The Morgan fingerprint density at radius 2 is 1.93 bits per heavy atom. The van der Waals surface area contributed by atoms with Crippen molar-refractivity contribution in [3.63, 3.8) is 0 Å². The van der Waals surface area contributed by atoms with Crippen LogP contribution in [0, 0.1) is 5.82 Å². The van der Waals surface area contributed by atoms with E-state index in [2.05, 4.69) is 20.2 Å². The van der Waals surface area contributed by atoms with Gasteiger partial charge < -0.3 is 9.15 Å². The third-order valence-corrected chi connectivity index (χ3v) is 4.71. The van der Waals surface area contributed by atoms with Crippen molar-refractivity contribution in [2.45, 2.75) is 10.9 Å². The van der Waals surface area contributed by atoms with Crippen LogP contribution in [0.2, 0.25) is 0 Å². The van der Waals surface area contributed by atoms with E-state index in [9.17, 15) is 4.39 Å². The van der Waals surface area contributed by atoms with Crippen LogP contribution >= 0.6 is 11.8 Å². The number of nitrogens with one attached hydrogen (secondary N) is 1. The van der Waals surface area contributed by atoms with E-state index < -0.39 is 0 Å². The first-order valence-corrected chi connectivity index (χ1v) is 9.10. The molecular formula is C19H15FN4O2S. The van der Waals surface area contributed by atoms with Gasteiger partial charge in [0.2, 0.25) is 11.0 Å². The maximum atomic E-state index is 13.8. The molecule has 0 atom stereocenters. The van der Waals surface area contributed by atoms with Gasteiger partial charge in [-0.15, -0.1) is 5.10 Å². The van der Waals surface area contributed by atoms with Gasteiger partial charge in [-0.25, -0.2) is 14.4 Å². The summed E-state index contributed by atoms with van der Waals surface area (Å²) in [6, 6.07) is 13.9. The molecule has 27 heavy (non-hydrogen) atoms. The highest BCUT2D eigenvalue weighted by Crippen LogP contribution is 2.26. The van der Waals surface area contributed by atoms with Crippen LogP contribution in [0.15, 0.2) is 64.4 Å². The molecule has 1 N–H and O–H groups in total. The van der Waals surface area contributed by atoms with Gasteiger partial charge in [0, 0.05) is 11.3 Å². The van der Waals surface area contributed by atoms with Crippen LogP contribution in [0.3, 0.4) is 0 Å². The van der Waals surface area contributed by atoms with Crippen molar-refractivity contribution >= 4 is 11.8 Å². The van der Waals surface area contributed by atoms with Crippen molar-refractivity contribution < 1.29 is 13.5 Å². The molecule has 0 saturated carbocycles. The molecule has 0 saturated heterocycles. The third kappa shape index (κ3) is 3.85. The molecule has 8 heteroatoms. The highest BCUT2D eigenvalue weighted by molar-refractivity contribution is 7.98. The van der Waals surface area contributed by atoms with Gasteiger partial charge in [0.1, 0.15) is 17.8 Å². The van der Waals surface area contributed by atoms with E-state index in [4.69, 9.17) is 9.15 Å². The average Bonchev–Trinajstić information content (AvgIpc) is 3.36. The lowest BCUT2D eigenvalue weighted by Gasteiger charge is -1.99.